The van der Waals surface area contributed by atoms with Crippen LogP contribution in [0.3, 0.4) is 0 Å². The molecule has 240 valence electrons. The molecule has 1 fully saturated rings. The number of hydrogen-bond donors (Lipinski definition) is 3. The van der Waals surface area contributed by atoms with Crippen molar-refractivity contribution >= 4 is 29.6 Å². The number of benzene rings is 1. The molecule has 0 radical (unpaired) electrons. The van der Waals surface area contributed by atoms with Crippen molar-refractivity contribution in [1.29, 1.82) is 0 Å². The van der Waals surface area contributed by atoms with Gasteiger partial charge >= 0.3 is 0 Å². The Morgan fingerprint density at radius 1 is 1.15 bits per heavy atom. The number of anilines is 1. The molecule has 1 aromatic carbocycles. The van der Waals surface area contributed by atoms with E-state index >= 15 is 0 Å². The van der Waals surface area contributed by atoms with Crippen LogP contribution in [0.1, 0.15) is 83.8 Å². The highest BCUT2D eigenvalue weighted by molar-refractivity contribution is 6.06. The van der Waals surface area contributed by atoms with Gasteiger partial charge in [-0.25, -0.2) is 13.8 Å². The number of ether oxygens (including phenoxy) is 1. The molecule has 1 aliphatic carbocycles. The number of nitrogens with one attached hydrogen (secondary N) is 3. The van der Waals surface area contributed by atoms with Gasteiger partial charge in [-0.1, -0.05) is 44.1 Å². The van der Waals surface area contributed by atoms with Crippen molar-refractivity contribution in [2.24, 2.45) is 0 Å². The van der Waals surface area contributed by atoms with E-state index in [1.165, 1.54) is 18.3 Å². The summed E-state index contributed by atoms with van der Waals surface area (Å²) < 4.78 is 34.2. The van der Waals surface area contributed by atoms with Gasteiger partial charge in [0.15, 0.2) is 11.6 Å². The molecule has 3 unspecified atom stereocenters. The molecule has 1 saturated heterocycles. The lowest BCUT2D eigenvalue weighted by molar-refractivity contribution is -0.125. The lowest BCUT2D eigenvalue weighted by Gasteiger charge is -2.35. The molecule has 4 atom stereocenters. The maximum atomic E-state index is 14.6. The maximum Gasteiger partial charge on any atom is 0.253 e. The number of fused-ring (bicyclic) bond motifs is 3. The van der Waals surface area contributed by atoms with Gasteiger partial charge in [-0.15, -0.1) is 0 Å². The number of halogens is 2. The number of aromatic nitrogens is 2. The Morgan fingerprint density at radius 3 is 2.83 bits per heavy atom. The second kappa shape index (κ2) is 13.1. The van der Waals surface area contributed by atoms with Gasteiger partial charge in [0, 0.05) is 48.6 Å². The minimum atomic E-state index is -0.964. The van der Waals surface area contributed by atoms with Crippen molar-refractivity contribution in [2.45, 2.75) is 75.8 Å². The van der Waals surface area contributed by atoms with Crippen LogP contribution in [0.4, 0.5) is 14.6 Å². The molecule has 9 nitrogen and oxygen atoms in total. The van der Waals surface area contributed by atoms with Crippen LogP contribution in [0.5, 0.6) is 0 Å². The van der Waals surface area contributed by atoms with E-state index in [1.807, 2.05) is 18.2 Å². The number of amides is 3. The number of nitrogens with zero attached hydrogens (tertiary/aromatic N) is 2. The third-order valence-electron chi connectivity index (χ3n) is 9.26. The third-order valence-corrected chi connectivity index (χ3v) is 9.26. The summed E-state index contributed by atoms with van der Waals surface area (Å²) >= 11 is 0. The monoisotopic (exact) mass is 629 g/mol. The molecule has 3 aliphatic rings. The maximum absolute atomic E-state index is 14.6. The number of pyridine rings is 2. The number of unbranched alkanes of at least 4 members (excludes halogenated alkanes) is 2. The Hall–Kier alpha value is -4.51. The Morgan fingerprint density at radius 2 is 2.00 bits per heavy atom. The van der Waals surface area contributed by atoms with Gasteiger partial charge in [-0.3, -0.25) is 19.4 Å². The zero-order valence-electron chi connectivity index (χ0n) is 25.9. The second-order valence-corrected chi connectivity index (χ2v) is 12.4. The summed E-state index contributed by atoms with van der Waals surface area (Å²) in [5.41, 5.74) is 2.61. The summed E-state index contributed by atoms with van der Waals surface area (Å²) in [6.45, 7) is 5.09. The van der Waals surface area contributed by atoms with Crippen LogP contribution >= 0.6 is 0 Å². The molecule has 3 amide bonds. The van der Waals surface area contributed by atoms with Crippen LogP contribution in [0.2, 0.25) is 0 Å². The highest BCUT2D eigenvalue weighted by atomic mass is 19.2. The molecule has 0 saturated carbocycles. The highest BCUT2D eigenvalue weighted by Gasteiger charge is 2.52. The topological polar surface area (TPSA) is 122 Å². The number of rotatable bonds is 10. The Bertz CT molecular complexity index is 1710. The zero-order chi connectivity index (χ0) is 32.4. The van der Waals surface area contributed by atoms with E-state index in [2.05, 4.69) is 32.8 Å². The van der Waals surface area contributed by atoms with Gasteiger partial charge in [0.1, 0.15) is 11.9 Å². The summed E-state index contributed by atoms with van der Waals surface area (Å²) in [6.07, 6.45) is 11.1. The fraction of sp³-hybridized carbons (Fsp3) is 0.400. The largest absolute Gasteiger partial charge is 0.377 e. The normalized spacial score (nSPS) is 23.3. The van der Waals surface area contributed by atoms with Crippen LogP contribution < -0.4 is 16.0 Å². The lowest BCUT2D eigenvalue weighted by Crippen LogP contribution is -2.56. The van der Waals surface area contributed by atoms with E-state index in [4.69, 9.17) is 4.74 Å². The number of carbonyl (C=O) groups excluding carboxylic acids is 3. The predicted molar refractivity (Wildman–Crippen MR) is 168 cm³/mol. The van der Waals surface area contributed by atoms with Gasteiger partial charge in [-0.05, 0) is 61.1 Å². The van der Waals surface area contributed by atoms with Crippen LogP contribution in [-0.4, -0.2) is 53.0 Å². The van der Waals surface area contributed by atoms with E-state index in [0.29, 0.717) is 31.0 Å². The molecule has 0 bridgehead atoms. The summed E-state index contributed by atoms with van der Waals surface area (Å²) in [5.74, 6) is -3.03. The minimum Gasteiger partial charge on any atom is -0.377 e. The van der Waals surface area contributed by atoms with Crippen molar-refractivity contribution in [3.63, 3.8) is 0 Å². The van der Waals surface area contributed by atoms with Gasteiger partial charge in [0.05, 0.1) is 17.6 Å². The first kappa shape index (κ1) is 31.5. The molecule has 2 aliphatic heterocycles. The van der Waals surface area contributed by atoms with Gasteiger partial charge < -0.3 is 20.7 Å². The average molecular weight is 630 g/mol. The Kier molecular flexibility index (Phi) is 8.95. The first-order valence-corrected chi connectivity index (χ1v) is 15.8. The first-order chi connectivity index (χ1) is 22.2. The number of hydrogen-bond acceptors (Lipinski definition) is 6. The fourth-order valence-corrected chi connectivity index (χ4v) is 6.74. The van der Waals surface area contributed by atoms with Gasteiger partial charge in [0.2, 0.25) is 11.8 Å². The Balaban J connectivity index is 1.15. The molecular weight excluding hydrogens is 592 g/mol. The molecule has 3 N–H and O–H groups in total. The van der Waals surface area contributed by atoms with E-state index in [9.17, 15) is 23.2 Å². The fourth-order valence-electron chi connectivity index (χ4n) is 6.74. The molecule has 2 aromatic heterocycles. The molecule has 1 spiro atoms. The van der Waals surface area contributed by atoms with Crippen LogP contribution in [0.15, 0.2) is 48.8 Å². The van der Waals surface area contributed by atoms with Crippen molar-refractivity contribution in [1.82, 2.24) is 20.6 Å². The quantitative estimate of drug-likeness (QED) is 0.278. The minimum absolute atomic E-state index is 0.103. The van der Waals surface area contributed by atoms with Crippen LogP contribution in [-0.2, 0) is 32.6 Å². The van der Waals surface area contributed by atoms with Crippen molar-refractivity contribution in [3.8, 4) is 0 Å². The zero-order valence-corrected chi connectivity index (χ0v) is 25.9. The Labute approximate surface area is 266 Å². The molecule has 46 heavy (non-hydrogen) atoms. The van der Waals surface area contributed by atoms with E-state index in [1.54, 1.807) is 19.2 Å². The summed E-state index contributed by atoms with van der Waals surface area (Å²) in [4.78, 5) is 48.6. The highest BCUT2D eigenvalue weighted by Crippen LogP contribution is 2.46. The number of piperidine rings is 1. The first-order valence-electron chi connectivity index (χ1n) is 15.8. The van der Waals surface area contributed by atoms with Gasteiger partial charge in [-0.2, -0.15) is 0 Å². The lowest BCUT2D eigenvalue weighted by atomic mass is 9.79. The average Bonchev–Trinajstić information content (AvgIpc) is 3.55. The molecule has 4 heterocycles. The SMILES string of the molecule is CCCCCOC/C=C/c1cnc2c(c1)[C@@]1(Cc3cc(C(=O)NC4CC(c5cccc(F)c5F)C(C)NC4=O)cnc3C1)C(=O)N2. The standard InChI is InChI=1S/C35H37F2N5O4/c1-3-4-5-11-46-12-7-8-21-13-26-31(39-18-21)42-34(45)35(26)16-22-14-23(19-38-29(22)17-35)32(43)41-28-15-25(20(2)40-33(28)44)24-9-6-10-27(36)30(24)37/h6-10,13-14,18-20,25,28H,3-5,11-12,15-17H2,1-2H3,(H,40,44)(H,41,43)(H,39,42,45)/b8-7+/t20?,25?,28?,35-/m0/s1. The van der Waals surface area contributed by atoms with Crippen molar-refractivity contribution < 1.29 is 27.9 Å². The summed E-state index contributed by atoms with van der Waals surface area (Å²) in [6, 6.07) is 6.22. The summed E-state index contributed by atoms with van der Waals surface area (Å²) in [5, 5.41) is 8.44. The molecule has 3 aromatic rings. The molecular formula is C35H37F2N5O4. The smallest absolute Gasteiger partial charge is 0.253 e. The third kappa shape index (κ3) is 6.03. The number of carbonyl (C=O) groups is 3. The van der Waals surface area contributed by atoms with Crippen molar-refractivity contribution in [3.05, 3.63) is 93.9 Å². The van der Waals surface area contributed by atoms with E-state index < -0.39 is 46.9 Å². The van der Waals surface area contributed by atoms with Crippen LogP contribution in [0, 0.1) is 11.6 Å². The predicted octanol–water partition coefficient (Wildman–Crippen LogP) is 4.75. The van der Waals surface area contributed by atoms with E-state index in [0.717, 1.165) is 48.6 Å². The van der Waals surface area contributed by atoms with Crippen molar-refractivity contribution in [2.75, 3.05) is 18.5 Å². The van der Waals surface area contributed by atoms with Gasteiger partial charge in [0.25, 0.3) is 5.91 Å². The van der Waals surface area contributed by atoms with Crippen LogP contribution in [0.25, 0.3) is 6.08 Å². The van der Waals surface area contributed by atoms with E-state index in [-0.39, 0.29) is 23.5 Å². The molecule has 11 heteroatoms. The second-order valence-electron chi connectivity index (χ2n) is 12.4. The summed E-state index contributed by atoms with van der Waals surface area (Å²) in [7, 11) is 0. The molecule has 6 rings (SSSR count).